The predicted octanol–water partition coefficient (Wildman–Crippen LogP) is 0.201. The van der Waals surface area contributed by atoms with Gasteiger partial charge in [-0.3, -0.25) is 24.0 Å². The molecule has 4 aliphatic rings. The van der Waals surface area contributed by atoms with E-state index in [4.69, 9.17) is 5.73 Å². The topological polar surface area (TPSA) is 151 Å². The quantitative estimate of drug-likeness (QED) is 0.344. The fourth-order valence-electron chi connectivity index (χ4n) is 5.10. The summed E-state index contributed by atoms with van der Waals surface area (Å²) in [5.74, 6) is -0.273. The number of nitrogens with zero attached hydrogens (tertiary/aromatic N) is 1. The lowest BCUT2D eigenvalue weighted by Gasteiger charge is -2.36. The molecule has 3 saturated heterocycles. The summed E-state index contributed by atoms with van der Waals surface area (Å²) in [5.41, 5.74) is 5.03. The van der Waals surface area contributed by atoms with Crippen molar-refractivity contribution in [3.63, 3.8) is 0 Å². The van der Waals surface area contributed by atoms with Gasteiger partial charge in [0.25, 0.3) is 0 Å². The first kappa shape index (κ1) is 27.1. The Morgan fingerprint density at radius 3 is 2.31 bits per heavy atom. The molecule has 200 valence electrons. The number of hydrogen-bond acceptors (Lipinski definition) is 7. The van der Waals surface area contributed by atoms with Crippen molar-refractivity contribution in [3.05, 3.63) is 0 Å². The van der Waals surface area contributed by atoms with E-state index in [1.165, 1.54) is 0 Å². The van der Waals surface area contributed by atoms with Crippen LogP contribution in [0.15, 0.2) is 0 Å². The van der Waals surface area contributed by atoms with Crippen LogP contribution in [0.1, 0.15) is 52.9 Å². The van der Waals surface area contributed by atoms with E-state index in [0.29, 0.717) is 25.9 Å². The number of likely N-dealkylation sites (tertiary alicyclic amines) is 1. The average Bonchev–Trinajstić information content (AvgIpc) is 3.25. The van der Waals surface area contributed by atoms with Crippen molar-refractivity contribution < 1.29 is 24.0 Å². The molecule has 0 aromatic carbocycles. The molecule has 0 unspecified atom stereocenters. The Labute approximate surface area is 220 Å². The lowest BCUT2D eigenvalue weighted by molar-refractivity contribution is -0.144. The highest BCUT2D eigenvalue weighted by molar-refractivity contribution is 8.21. The molecule has 10 nitrogen and oxygen atoms in total. The van der Waals surface area contributed by atoms with Crippen molar-refractivity contribution in [3.8, 4) is 0 Å². The number of nitrogens with one attached hydrogen (secondary N) is 3. The zero-order valence-electron chi connectivity index (χ0n) is 21.1. The van der Waals surface area contributed by atoms with Gasteiger partial charge in [0.05, 0.1) is 4.08 Å². The maximum Gasteiger partial charge on any atom is 0.246 e. The summed E-state index contributed by atoms with van der Waals surface area (Å²) in [4.78, 5) is 65.9. The van der Waals surface area contributed by atoms with Crippen LogP contribution in [0.25, 0.3) is 0 Å². The van der Waals surface area contributed by atoms with Crippen molar-refractivity contribution in [2.45, 2.75) is 75.1 Å². The molecule has 12 heteroatoms. The molecule has 4 fully saturated rings. The molecule has 0 aromatic heterocycles. The third kappa shape index (κ3) is 5.95. The summed E-state index contributed by atoms with van der Waals surface area (Å²) in [5, 5.41) is 8.44. The van der Waals surface area contributed by atoms with E-state index in [1.54, 1.807) is 28.4 Å². The Hall–Kier alpha value is -1.95. The molecule has 0 radical (unpaired) electrons. The largest absolute Gasteiger partial charge is 0.368 e. The van der Waals surface area contributed by atoms with Crippen LogP contribution in [0.4, 0.5) is 0 Å². The molecule has 1 saturated carbocycles. The van der Waals surface area contributed by atoms with Gasteiger partial charge in [-0.05, 0) is 31.1 Å². The molecule has 4 atom stereocenters. The van der Waals surface area contributed by atoms with E-state index < -0.39 is 35.4 Å². The molecule has 4 rings (SSSR count). The van der Waals surface area contributed by atoms with E-state index in [-0.39, 0.29) is 40.1 Å². The Morgan fingerprint density at radius 1 is 1.11 bits per heavy atom. The smallest absolute Gasteiger partial charge is 0.246 e. The standard InChI is InChI=1S/C24H37N5O5S2/c1-23(2,3)17(28-20(32)13-4-5-13)22(34)29-12-24(35-8-9-36-24)11-16(29)21(33)27-15(18(25)30)10-14-6-7-26-19(14)31/h13-17H,4-12H2,1-3H3,(H2,25,30)(H,26,31)(H,27,33)(H,28,32)/t14-,15-,16-,17+/m0/s1. The van der Waals surface area contributed by atoms with Crippen LogP contribution >= 0.6 is 23.5 Å². The number of thioether (sulfide) groups is 2. The number of rotatable bonds is 8. The molecule has 0 aromatic rings. The maximum absolute atomic E-state index is 13.9. The van der Waals surface area contributed by atoms with Crippen molar-refractivity contribution in [2.24, 2.45) is 23.0 Å². The molecule has 1 aliphatic carbocycles. The van der Waals surface area contributed by atoms with Crippen LogP contribution in [0.3, 0.4) is 0 Å². The van der Waals surface area contributed by atoms with Gasteiger partial charge in [-0.25, -0.2) is 0 Å². The third-order valence-corrected chi connectivity index (χ3v) is 10.8. The first-order chi connectivity index (χ1) is 16.9. The lowest BCUT2D eigenvalue weighted by atomic mass is 9.85. The molecular formula is C24H37N5O5S2. The van der Waals surface area contributed by atoms with Gasteiger partial charge in [0.1, 0.15) is 18.1 Å². The molecule has 5 N–H and O–H groups in total. The molecular weight excluding hydrogens is 502 g/mol. The second-order valence-electron chi connectivity index (χ2n) is 11.4. The van der Waals surface area contributed by atoms with Crippen LogP contribution in [0, 0.1) is 17.3 Å². The van der Waals surface area contributed by atoms with E-state index in [1.807, 2.05) is 20.8 Å². The van der Waals surface area contributed by atoms with Gasteiger partial charge in [0.15, 0.2) is 0 Å². The number of hydrogen-bond donors (Lipinski definition) is 4. The second-order valence-corrected chi connectivity index (χ2v) is 14.6. The minimum Gasteiger partial charge on any atom is -0.368 e. The average molecular weight is 540 g/mol. The fourth-order valence-corrected chi connectivity index (χ4v) is 8.36. The van der Waals surface area contributed by atoms with E-state index in [0.717, 1.165) is 24.3 Å². The Morgan fingerprint density at radius 2 is 1.78 bits per heavy atom. The fraction of sp³-hybridized carbons (Fsp3) is 0.792. The minimum absolute atomic E-state index is 0.0447. The van der Waals surface area contributed by atoms with Crippen molar-refractivity contribution >= 4 is 53.1 Å². The van der Waals surface area contributed by atoms with Gasteiger partial charge < -0.3 is 26.6 Å². The summed E-state index contributed by atoms with van der Waals surface area (Å²) < 4.78 is -0.297. The summed E-state index contributed by atoms with van der Waals surface area (Å²) in [6.45, 7) is 6.62. The molecule has 3 heterocycles. The molecule has 5 amide bonds. The van der Waals surface area contributed by atoms with Crippen molar-refractivity contribution in [1.29, 1.82) is 0 Å². The summed E-state index contributed by atoms with van der Waals surface area (Å²) in [6.07, 6.45) is 2.81. The van der Waals surface area contributed by atoms with Gasteiger partial charge in [0, 0.05) is 42.9 Å². The lowest BCUT2D eigenvalue weighted by Crippen LogP contribution is -2.59. The summed E-state index contributed by atoms with van der Waals surface area (Å²) >= 11 is 3.50. The zero-order chi connectivity index (χ0) is 26.3. The normalized spacial score (nSPS) is 27.0. The van der Waals surface area contributed by atoms with Gasteiger partial charge in [0.2, 0.25) is 29.5 Å². The molecule has 36 heavy (non-hydrogen) atoms. The highest BCUT2D eigenvalue weighted by Gasteiger charge is 2.53. The third-order valence-electron chi connectivity index (χ3n) is 7.38. The van der Waals surface area contributed by atoms with E-state index in [9.17, 15) is 24.0 Å². The van der Waals surface area contributed by atoms with Crippen LogP contribution < -0.4 is 21.7 Å². The highest BCUT2D eigenvalue weighted by atomic mass is 32.2. The van der Waals surface area contributed by atoms with Crippen LogP contribution in [-0.2, 0) is 24.0 Å². The number of primary amides is 1. The number of amides is 5. The summed E-state index contributed by atoms with van der Waals surface area (Å²) in [7, 11) is 0. The van der Waals surface area contributed by atoms with Crippen LogP contribution in [0.5, 0.6) is 0 Å². The van der Waals surface area contributed by atoms with Crippen molar-refractivity contribution in [1.82, 2.24) is 20.9 Å². The Bertz CT molecular complexity index is 928. The molecule has 0 bridgehead atoms. The van der Waals surface area contributed by atoms with Crippen LogP contribution in [-0.4, -0.2) is 81.2 Å². The zero-order valence-corrected chi connectivity index (χ0v) is 22.8. The number of carbonyl (C=O) groups excluding carboxylic acids is 5. The van der Waals surface area contributed by atoms with Gasteiger partial charge in [-0.1, -0.05) is 20.8 Å². The first-order valence-corrected chi connectivity index (χ1v) is 14.6. The second kappa shape index (κ2) is 10.4. The number of nitrogens with two attached hydrogens (primary N) is 1. The van der Waals surface area contributed by atoms with Gasteiger partial charge in [-0.2, -0.15) is 0 Å². The van der Waals surface area contributed by atoms with Crippen LogP contribution in [0.2, 0.25) is 0 Å². The van der Waals surface area contributed by atoms with Crippen molar-refractivity contribution in [2.75, 3.05) is 24.6 Å². The highest BCUT2D eigenvalue weighted by Crippen LogP contribution is 2.52. The van der Waals surface area contributed by atoms with Gasteiger partial charge >= 0.3 is 0 Å². The Balaban J connectivity index is 1.54. The maximum atomic E-state index is 13.9. The SMILES string of the molecule is CC(C)(C)[C@H](NC(=O)C1CC1)C(=O)N1CC2(C[C@H]1C(=O)N[C@@H](C[C@@H]1CCNC1=O)C(N)=O)SCCS2. The molecule has 1 spiro atoms. The predicted molar refractivity (Wildman–Crippen MR) is 139 cm³/mol. The Kier molecular flexibility index (Phi) is 7.85. The number of carbonyl (C=O) groups is 5. The van der Waals surface area contributed by atoms with Gasteiger partial charge in [-0.15, -0.1) is 23.5 Å². The monoisotopic (exact) mass is 539 g/mol. The molecule has 3 aliphatic heterocycles. The minimum atomic E-state index is -1.00. The van der Waals surface area contributed by atoms with E-state index >= 15 is 0 Å². The first-order valence-electron chi connectivity index (χ1n) is 12.7. The van der Waals surface area contributed by atoms with E-state index in [2.05, 4.69) is 16.0 Å². The summed E-state index contributed by atoms with van der Waals surface area (Å²) in [6, 6.07) is -2.57.